The van der Waals surface area contributed by atoms with E-state index in [1.165, 1.54) is 6.92 Å². The van der Waals surface area contributed by atoms with E-state index in [1.807, 2.05) is 54.6 Å². The van der Waals surface area contributed by atoms with E-state index in [-0.39, 0.29) is 36.5 Å². The largest absolute Gasteiger partial charge is 0.392 e. The number of anilines is 1. The Balaban J connectivity index is 1.09. The second-order valence-corrected chi connectivity index (χ2v) is 13.8. The van der Waals surface area contributed by atoms with Gasteiger partial charge in [-0.05, 0) is 58.9 Å². The SMILES string of the molecule is CC(=O)NCc1cccc(-c2ccc(C3OC(CN4CCC5(CC4)C(=O)NCN5c4ccccc4)C(C)C(c4ccc(CO)cc4)O3)cc2)c1. The van der Waals surface area contributed by atoms with Gasteiger partial charge in [-0.25, -0.2) is 0 Å². The van der Waals surface area contributed by atoms with Crippen LogP contribution < -0.4 is 15.5 Å². The number of aliphatic hydroxyl groups excluding tert-OH is 1. The number of rotatable bonds is 9. The van der Waals surface area contributed by atoms with E-state index < -0.39 is 11.8 Å². The zero-order chi connectivity index (χ0) is 34.7. The summed E-state index contributed by atoms with van der Waals surface area (Å²) in [4.78, 5) is 29.4. The van der Waals surface area contributed by atoms with Crippen LogP contribution in [0.4, 0.5) is 5.69 Å². The Morgan fingerprint density at radius 3 is 2.30 bits per heavy atom. The molecule has 3 fully saturated rings. The van der Waals surface area contributed by atoms with Gasteiger partial charge < -0.3 is 35.0 Å². The van der Waals surface area contributed by atoms with E-state index >= 15 is 0 Å². The van der Waals surface area contributed by atoms with Gasteiger partial charge in [-0.3, -0.25) is 9.59 Å². The van der Waals surface area contributed by atoms with Crippen molar-refractivity contribution in [2.45, 2.75) is 63.9 Å². The molecule has 9 nitrogen and oxygen atoms in total. The number of likely N-dealkylation sites (tertiary alicyclic amines) is 1. The lowest BCUT2D eigenvalue weighted by Crippen LogP contribution is -2.57. The number of aliphatic hydroxyl groups is 1. The number of hydrogen-bond donors (Lipinski definition) is 3. The van der Waals surface area contributed by atoms with Crippen LogP contribution >= 0.6 is 0 Å². The standard InChI is InChI=1S/C41H46N4O5/c1-28-37(25-44-21-19-41(20-22-44)40(48)43-27-45(41)36-9-4-3-5-10-36)49-39(50-38(28)33-13-11-30(26-46)12-14-33)34-17-15-32(16-18-34)35-8-6-7-31(23-35)24-42-29(2)47/h3-18,23,28,37-39,46H,19-22,24-27H2,1-2H3,(H,42,47)(H,43,48). The highest BCUT2D eigenvalue weighted by Gasteiger charge is 2.51. The van der Waals surface area contributed by atoms with Crippen molar-refractivity contribution in [2.75, 3.05) is 31.2 Å². The Kier molecular flexibility index (Phi) is 10.0. The van der Waals surface area contributed by atoms with Gasteiger partial charge >= 0.3 is 0 Å². The van der Waals surface area contributed by atoms with Crippen molar-refractivity contribution in [3.8, 4) is 11.1 Å². The van der Waals surface area contributed by atoms with Crippen LogP contribution in [0.1, 0.15) is 61.3 Å². The van der Waals surface area contributed by atoms with Crippen LogP contribution in [0.2, 0.25) is 0 Å². The van der Waals surface area contributed by atoms with Crippen molar-refractivity contribution < 1.29 is 24.2 Å². The molecule has 1 spiro atoms. The fraction of sp³-hybridized carbons (Fsp3) is 0.366. The second-order valence-electron chi connectivity index (χ2n) is 13.8. The minimum atomic E-state index is -0.566. The first-order chi connectivity index (χ1) is 24.3. The van der Waals surface area contributed by atoms with Crippen LogP contribution in [0.15, 0.2) is 103 Å². The van der Waals surface area contributed by atoms with Gasteiger partial charge in [-0.2, -0.15) is 0 Å². The van der Waals surface area contributed by atoms with Gasteiger partial charge in [0.1, 0.15) is 5.54 Å². The van der Waals surface area contributed by atoms with Crippen LogP contribution in [0.5, 0.6) is 0 Å². The monoisotopic (exact) mass is 674 g/mol. The van der Waals surface area contributed by atoms with E-state index in [0.717, 1.165) is 71.5 Å². The molecule has 3 heterocycles. The van der Waals surface area contributed by atoms with Gasteiger partial charge in [0.05, 0.1) is 25.5 Å². The predicted octanol–water partition coefficient (Wildman–Crippen LogP) is 5.70. The number of nitrogens with zero attached hydrogens (tertiary/aromatic N) is 2. The second kappa shape index (κ2) is 14.7. The average Bonchev–Trinajstić information content (AvgIpc) is 3.47. The zero-order valence-corrected chi connectivity index (χ0v) is 28.8. The first kappa shape index (κ1) is 33.9. The molecular weight excluding hydrogens is 628 g/mol. The molecular formula is C41H46N4O5. The third-order valence-corrected chi connectivity index (χ3v) is 10.6. The van der Waals surface area contributed by atoms with Gasteiger partial charge in [0.25, 0.3) is 0 Å². The molecule has 0 aliphatic carbocycles. The first-order valence-corrected chi connectivity index (χ1v) is 17.6. The molecule has 50 heavy (non-hydrogen) atoms. The lowest BCUT2D eigenvalue weighted by atomic mass is 9.84. The molecule has 9 heteroatoms. The molecule has 0 bridgehead atoms. The molecule has 0 aromatic heterocycles. The molecule has 4 aromatic carbocycles. The molecule has 0 radical (unpaired) electrons. The molecule has 4 atom stereocenters. The summed E-state index contributed by atoms with van der Waals surface area (Å²) in [7, 11) is 0. The van der Waals surface area contributed by atoms with Crippen molar-refractivity contribution in [1.29, 1.82) is 0 Å². The molecule has 3 aliphatic heterocycles. The summed E-state index contributed by atoms with van der Waals surface area (Å²) in [5, 5.41) is 15.6. The normalized spacial score (nSPS) is 23.5. The lowest BCUT2D eigenvalue weighted by molar-refractivity contribution is -0.276. The molecule has 2 amide bonds. The fourth-order valence-corrected chi connectivity index (χ4v) is 7.64. The minimum absolute atomic E-state index is 0.00557. The van der Waals surface area contributed by atoms with Crippen LogP contribution in [0, 0.1) is 5.92 Å². The van der Waals surface area contributed by atoms with Crippen molar-refractivity contribution in [2.24, 2.45) is 5.92 Å². The van der Waals surface area contributed by atoms with Crippen LogP contribution in [0.25, 0.3) is 11.1 Å². The smallest absolute Gasteiger partial charge is 0.247 e. The number of amides is 2. The van der Waals surface area contributed by atoms with Crippen molar-refractivity contribution in [1.82, 2.24) is 15.5 Å². The van der Waals surface area contributed by atoms with Crippen molar-refractivity contribution >= 4 is 17.5 Å². The van der Waals surface area contributed by atoms with Crippen LogP contribution in [0.3, 0.4) is 0 Å². The van der Waals surface area contributed by atoms with Crippen LogP contribution in [-0.4, -0.2) is 59.8 Å². The van der Waals surface area contributed by atoms with Gasteiger partial charge in [-0.15, -0.1) is 0 Å². The third kappa shape index (κ3) is 7.04. The molecule has 7 rings (SSSR count). The maximum Gasteiger partial charge on any atom is 0.247 e. The predicted molar refractivity (Wildman–Crippen MR) is 193 cm³/mol. The summed E-state index contributed by atoms with van der Waals surface area (Å²) >= 11 is 0. The molecule has 3 N–H and O–H groups in total. The Morgan fingerprint density at radius 2 is 1.60 bits per heavy atom. The minimum Gasteiger partial charge on any atom is -0.392 e. The number of ether oxygens (including phenoxy) is 2. The average molecular weight is 675 g/mol. The van der Waals surface area contributed by atoms with E-state index in [1.54, 1.807) is 0 Å². The molecule has 3 aliphatic rings. The summed E-state index contributed by atoms with van der Waals surface area (Å²) in [6.07, 6.45) is 0.604. The first-order valence-electron chi connectivity index (χ1n) is 17.6. The number of nitrogens with one attached hydrogen (secondary N) is 2. The Hall–Kier alpha value is -4.54. The maximum atomic E-state index is 13.3. The number of benzene rings is 4. The Bertz CT molecular complexity index is 1770. The third-order valence-electron chi connectivity index (χ3n) is 10.6. The van der Waals surface area contributed by atoms with Crippen molar-refractivity contribution in [3.63, 3.8) is 0 Å². The summed E-state index contributed by atoms with van der Waals surface area (Å²) < 4.78 is 13.5. The highest BCUT2D eigenvalue weighted by molar-refractivity contribution is 5.93. The van der Waals surface area contributed by atoms with Gasteiger partial charge in [0.15, 0.2) is 6.29 Å². The summed E-state index contributed by atoms with van der Waals surface area (Å²) in [5.74, 6) is 0.122. The van der Waals surface area contributed by atoms with E-state index in [4.69, 9.17) is 9.47 Å². The number of hydrogen-bond acceptors (Lipinski definition) is 7. The molecule has 3 saturated heterocycles. The Labute approximate surface area is 294 Å². The number of piperidine rings is 1. The fourth-order valence-electron chi connectivity index (χ4n) is 7.64. The van der Waals surface area contributed by atoms with E-state index in [9.17, 15) is 14.7 Å². The highest BCUT2D eigenvalue weighted by atomic mass is 16.7. The van der Waals surface area contributed by atoms with Crippen LogP contribution in [-0.2, 0) is 32.2 Å². The van der Waals surface area contributed by atoms with Gasteiger partial charge in [-0.1, -0.05) is 91.9 Å². The number of para-hydroxylation sites is 1. The number of carbonyl (C=O) groups excluding carboxylic acids is 2. The van der Waals surface area contributed by atoms with Crippen molar-refractivity contribution in [3.05, 3.63) is 125 Å². The topological polar surface area (TPSA) is 103 Å². The molecule has 4 unspecified atom stereocenters. The van der Waals surface area contributed by atoms with Gasteiger partial charge in [0, 0.05) is 50.3 Å². The zero-order valence-electron chi connectivity index (χ0n) is 28.8. The number of carbonyl (C=O) groups is 2. The maximum absolute atomic E-state index is 13.3. The summed E-state index contributed by atoms with van der Waals surface area (Å²) in [6, 6.07) is 34.7. The van der Waals surface area contributed by atoms with Gasteiger partial charge in [0.2, 0.25) is 11.8 Å². The summed E-state index contributed by atoms with van der Waals surface area (Å²) in [5.41, 5.74) is 6.57. The molecule has 260 valence electrons. The molecule has 4 aromatic rings. The lowest BCUT2D eigenvalue weighted by Gasteiger charge is -2.46. The van der Waals surface area contributed by atoms with E-state index in [2.05, 4.69) is 75.9 Å². The Morgan fingerprint density at radius 1 is 0.880 bits per heavy atom. The highest BCUT2D eigenvalue weighted by Crippen LogP contribution is 2.43. The summed E-state index contributed by atoms with van der Waals surface area (Å²) in [6.45, 7) is 7.04. The van der Waals surface area contributed by atoms with E-state index in [0.29, 0.717) is 13.2 Å². The molecule has 0 saturated carbocycles. The quantitative estimate of drug-likeness (QED) is 0.209.